The summed E-state index contributed by atoms with van der Waals surface area (Å²) in [6.45, 7) is 2.16. The zero-order valence-corrected chi connectivity index (χ0v) is 19.9. The number of carbonyl (C=O) groups excluding carboxylic acids is 2. The molecule has 0 aliphatic carbocycles. The molecule has 34 heavy (non-hydrogen) atoms. The molecule has 0 unspecified atom stereocenters. The number of rotatable bonds is 9. The molecule has 6 nitrogen and oxygen atoms in total. The van der Waals surface area contributed by atoms with Crippen LogP contribution in [0, 0.1) is 6.92 Å². The summed E-state index contributed by atoms with van der Waals surface area (Å²) < 4.78 is 10.7. The molecule has 2 amide bonds. The first-order valence-electron chi connectivity index (χ1n) is 10.9. The first-order chi connectivity index (χ1) is 16.5. The Hall–Kier alpha value is -3.84. The Kier molecular flexibility index (Phi) is 7.44. The second kappa shape index (κ2) is 10.9. The monoisotopic (exact) mass is 474 g/mol. The van der Waals surface area contributed by atoms with Crippen LogP contribution >= 0.6 is 11.3 Å². The molecule has 0 aliphatic rings. The number of methoxy groups -OCH3 is 1. The van der Waals surface area contributed by atoms with Gasteiger partial charge in [0.2, 0.25) is 5.91 Å². The van der Waals surface area contributed by atoms with E-state index in [9.17, 15) is 9.59 Å². The van der Waals surface area contributed by atoms with Crippen LogP contribution in [-0.2, 0) is 22.6 Å². The lowest BCUT2D eigenvalue weighted by Gasteiger charge is -2.31. The maximum Gasteiger partial charge on any atom is 0.251 e. The van der Waals surface area contributed by atoms with Gasteiger partial charge in [-0.05, 0) is 60.3 Å². The predicted octanol–water partition coefficient (Wildman–Crippen LogP) is 5.61. The Bertz CT molecular complexity index is 1200. The molecule has 1 atom stereocenters. The lowest BCUT2D eigenvalue weighted by Crippen LogP contribution is -2.41. The Labute approximate surface area is 202 Å². The minimum atomic E-state index is -0.847. The molecule has 0 saturated heterocycles. The number of anilines is 1. The summed E-state index contributed by atoms with van der Waals surface area (Å²) in [4.78, 5) is 29.7. The number of benzene rings is 2. The lowest BCUT2D eigenvalue weighted by molar-refractivity contribution is -0.139. The molecule has 0 spiro atoms. The van der Waals surface area contributed by atoms with Crippen LogP contribution in [0.4, 0.5) is 5.69 Å². The van der Waals surface area contributed by atoms with Gasteiger partial charge in [0.25, 0.3) is 5.91 Å². The molecule has 0 radical (unpaired) electrons. The molecule has 7 heteroatoms. The molecule has 0 saturated carbocycles. The summed E-state index contributed by atoms with van der Waals surface area (Å²) in [6.07, 6.45) is 1.77. The molecule has 0 fully saturated rings. The number of aryl methyl sites for hydroxylation is 1. The van der Waals surface area contributed by atoms with Crippen molar-refractivity contribution in [2.45, 2.75) is 25.9 Å². The Morgan fingerprint density at radius 3 is 2.41 bits per heavy atom. The van der Waals surface area contributed by atoms with E-state index in [1.165, 1.54) is 11.3 Å². The fourth-order valence-corrected chi connectivity index (χ4v) is 4.36. The number of nitrogens with zero attached hydrogens (tertiary/aromatic N) is 1. The third kappa shape index (κ3) is 5.74. The number of ether oxygens (including phenoxy) is 1. The van der Waals surface area contributed by atoms with Crippen LogP contribution in [-0.4, -0.2) is 23.8 Å². The van der Waals surface area contributed by atoms with Gasteiger partial charge in [-0.25, -0.2) is 0 Å². The van der Waals surface area contributed by atoms with E-state index in [-0.39, 0.29) is 24.8 Å². The molecule has 2 aromatic heterocycles. The van der Waals surface area contributed by atoms with E-state index in [2.05, 4.69) is 5.32 Å². The summed E-state index contributed by atoms with van der Waals surface area (Å²) in [5.74, 6) is 0.835. The topological polar surface area (TPSA) is 71.8 Å². The van der Waals surface area contributed by atoms with Gasteiger partial charge in [-0.2, -0.15) is 0 Å². The van der Waals surface area contributed by atoms with Crippen LogP contribution in [0.5, 0.6) is 5.75 Å². The summed E-state index contributed by atoms with van der Waals surface area (Å²) in [5, 5.41) is 4.90. The molecule has 0 aliphatic heterocycles. The van der Waals surface area contributed by atoms with Gasteiger partial charge >= 0.3 is 0 Å². The third-order valence-corrected chi connectivity index (χ3v) is 6.32. The molecule has 1 N–H and O–H groups in total. The highest BCUT2D eigenvalue weighted by atomic mass is 32.1. The Morgan fingerprint density at radius 1 is 1.03 bits per heavy atom. The first-order valence-corrected chi connectivity index (χ1v) is 11.8. The number of nitrogens with one attached hydrogen (secondary N) is 1. The fraction of sp³-hybridized carbons (Fsp3) is 0.185. The fourth-order valence-electron chi connectivity index (χ4n) is 3.66. The molecule has 4 rings (SSSR count). The number of hydrogen-bond donors (Lipinski definition) is 1. The minimum Gasteiger partial charge on any atom is -0.497 e. The normalized spacial score (nSPS) is 11.6. The highest BCUT2D eigenvalue weighted by Gasteiger charge is 2.32. The minimum absolute atomic E-state index is 0.158. The highest BCUT2D eigenvalue weighted by Crippen LogP contribution is 2.28. The van der Waals surface area contributed by atoms with Gasteiger partial charge < -0.3 is 19.4 Å². The molecule has 0 bridgehead atoms. The van der Waals surface area contributed by atoms with Crippen molar-refractivity contribution in [1.82, 2.24) is 4.90 Å². The van der Waals surface area contributed by atoms with Gasteiger partial charge in [-0.1, -0.05) is 35.9 Å². The van der Waals surface area contributed by atoms with Crippen LogP contribution in [0.3, 0.4) is 0 Å². The lowest BCUT2D eigenvalue weighted by atomic mass is 10.0. The number of furan rings is 1. The number of thiophene rings is 1. The van der Waals surface area contributed by atoms with Crippen molar-refractivity contribution >= 4 is 28.8 Å². The summed E-state index contributed by atoms with van der Waals surface area (Å²) in [6, 6.07) is 21.3. The van der Waals surface area contributed by atoms with E-state index in [1.54, 1.807) is 54.7 Å². The quantitative estimate of drug-likeness (QED) is 0.342. The zero-order valence-electron chi connectivity index (χ0n) is 19.1. The van der Waals surface area contributed by atoms with Crippen molar-refractivity contribution in [3.05, 3.63) is 106 Å². The van der Waals surface area contributed by atoms with Crippen molar-refractivity contribution in [3.8, 4) is 5.75 Å². The molecular formula is C27H26N2O4S. The standard InChI is InChI=1S/C27H26N2O4S/c1-19-7-9-20(10-8-19)26(27(31)28-21-11-13-22(32-2)14-12-21)29(18-23-5-3-15-33-23)25(30)17-24-6-4-16-34-24/h3-16,26H,17-18H2,1-2H3,(H,28,31)/t26-/m1/s1. The average molecular weight is 475 g/mol. The number of amides is 2. The van der Waals surface area contributed by atoms with E-state index >= 15 is 0 Å². The van der Waals surface area contributed by atoms with E-state index in [0.29, 0.717) is 17.2 Å². The second-order valence-corrected chi connectivity index (χ2v) is 8.92. The maximum absolute atomic E-state index is 13.7. The second-order valence-electron chi connectivity index (χ2n) is 7.89. The zero-order chi connectivity index (χ0) is 23.9. The van der Waals surface area contributed by atoms with Crippen LogP contribution in [0.15, 0.2) is 88.9 Å². The van der Waals surface area contributed by atoms with E-state index in [0.717, 1.165) is 16.0 Å². The summed E-state index contributed by atoms with van der Waals surface area (Å²) >= 11 is 1.52. The van der Waals surface area contributed by atoms with Crippen LogP contribution < -0.4 is 10.1 Å². The summed E-state index contributed by atoms with van der Waals surface area (Å²) in [7, 11) is 1.59. The van der Waals surface area contributed by atoms with E-state index < -0.39 is 6.04 Å². The van der Waals surface area contributed by atoms with Gasteiger partial charge in [0.1, 0.15) is 17.6 Å². The van der Waals surface area contributed by atoms with Gasteiger partial charge in [-0.3, -0.25) is 9.59 Å². The first kappa shape index (κ1) is 23.3. The molecule has 174 valence electrons. The van der Waals surface area contributed by atoms with Gasteiger partial charge in [0.15, 0.2) is 0 Å². The average Bonchev–Trinajstić information content (AvgIpc) is 3.55. The summed E-state index contributed by atoms with van der Waals surface area (Å²) in [5.41, 5.74) is 2.41. The molecule has 2 heterocycles. The van der Waals surface area contributed by atoms with Gasteiger partial charge in [0.05, 0.1) is 26.3 Å². The SMILES string of the molecule is COc1ccc(NC(=O)[C@@H](c2ccc(C)cc2)N(Cc2ccco2)C(=O)Cc2cccs2)cc1. The Balaban J connectivity index is 1.69. The number of hydrogen-bond acceptors (Lipinski definition) is 5. The van der Waals surface area contributed by atoms with Gasteiger partial charge in [-0.15, -0.1) is 11.3 Å². The Morgan fingerprint density at radius 2 is 1.79 bits per heavy atom. The smallest absolute Gasteiger partial charge is 0.251 e. The van der Waals surface area contributed by atoms with E-state index in [4.69, 9.17) is 9.15 Å². The largest absolute Gasteiger partial charge is 0.497 e. The van der Waals surface area contributed by atoms with Crippen LogP contribution in [0.2, 0.25) is 0 Å². The molecular weight excluding hydrogens is 448 g/mol. The van der Waals surface area contributed by atoms with Crippen molar-refractivity contribution in [2.75, 3.05) is 12.4 Å². The van der Waals surface area contributed by atoms with Crippen molar-refractivity contribution in [1.29, 1.82) is 0 Å². The predicted molar refractivity (Wildman–Crippen MR) is 133 cm³/mol. The van der Waals surface area contributed by atoms with Crippen LogP contribution in [0.1, 0.15) is 27.8 Å². The van der Waals surface area contributed by atoms with Crippen molar-refractivity contribution in [2.24, 2.45) is 0 Å². The molecule has 4 aromatic rings. The molecule has 2 aromatic carbocycles. The maximum atomic E-state index is 13.7. The van der Waals surface area contributed by atoms with Gasteiger partial charge in [0, 0.05) is 10.6 Å². The number of carbonyl (C=O) groups is 2. The van der Waals surface area contributed by atoms with Crippen molar-refractivity contribution < 1.29 is 18.7 Å². The highest BCUT2D eigenvalue weighted by molar-refractivity contribution is 7.10. The van der Waals surface area contributed by atoms with E-state index in [1.807, 2.05) is 48.7 Å². The van der Waals surface area contributed by atoms with Crippen molar-refractivity contribution in [3.63, 3.8) is 0 Å². The third-order valence-electron chi connectivity index (χ3n) is 5.44. The van der Waals surface area contributed by atoms with Crippen LogP contribution in [0.25, 0.3) is 0 Å².